The molecule has 0 saturated carbocycles. The van der Waals surface area contributed by atoms with Gasteiger partial charge in [0.25, 0.3) is 0 Å². The summed E-state index contributed by atoms with van der Waals surface area (Å²) in [6.45, 7) is 2.97. The van der Waals surface area contributed by atoms with Gasteiger partial charge in [-0.05, 0) is 55.0 Å². The van der Waals surface area contributed by atoms with Crippen molar-refractivity contribution >= 4 is 21.0 Å². The fourth-order valence-electron chi connectivity index (χ4n) is 3.33. The molecule has 206 valence electrons. The summed E-state index contributed by atoms with van der Waals surface area (Å²) in [5, 5.41) is 0. The molecule has 11 heteroatoms. The quantitative estimate of drug-likeness (QED) is 0.0548. The molecule has 0 heterocycles. The molecule has 0 amide bonds. The number of halogens is 5. The Morgan fingerprint density at radius 3 is 1.49 bits per heavy atom. The van der Waals surface area contributed by atoms with E-state index in [0.717, 1.165) is 25.2 Å². The highest BCUT2D eigenvalue weighted by Crippen LogP contribution is 2.32. The molecule has 0 aromatic heterocycles. The van der Waals surface area contributed by atoms with Gasteiger partial charge in [0, 0.05) is 0 Å². The SMILES string of the molecule is CCCCOc1ccc([S+](c2ccccc2)c2ccccc2)cc1.O=S(=O)([O-])c1c(F)c(F)c(F)c(F)c1F. The van der Waals surface area contributed by atoms with Crippen LogP contribution in [0.5, 0.6) is 5.75 Å². The molecule has 0 aliphatic rings. The van der Waals surface area contributed by atoms with Crippen LogP contribution >= 0.6 is 0 Å². The average Bonchev–Trinajstić information content (AvgIpc) is 2.93. The van der Waals surface area contributed by atoms with Crippen LogP contribution in [0.2, 0.25) is 0 Å². The summed E-state index contributed by atoms with van der Waals surface area (Å²) in [5.41, 5.74) is 0. The van der Waals surface area contributed by atoms with Crippen molar-refractivity contribution in [3.63, 3.8) is 0 Å². The highest BCUT2D eigenvalue weighted by Gasteiger charge is 2.29. The van der Waals surface area contributed by atoms with Gasteiger partial charge in [-0.1, -0.05) is 49.7 Å². The van der Waals surface area contributed by atoms with Crippen molar-refractivity contribution < 1.29 is 39.7 Å². The number of benzene rings is 4. The molecule has 0 aliphatic carbocycles. The Morgan fingerprint density at radius 1 is 0.667 bits per heavy atom. The molecule has 4 nitrogen and oxygen atoms in total. The Morgan fingerprint density at radius 2 is 1.08 bits per heavy atom. The molecule has 4 aromatic rings. The van der Waals surface area contributed by atoms with Crippen molar-refractivity contribution in [1.82, 2.24) is 0 Å². The van der Waals surface area contributed by atoms with Gasteiger partial charge in [-0.25, -0.2) is 30.4 Å². The summed E-state index contributed by atoms with van der Waals surface area (Å²) >= 11 is 0. The zero-order valence-electron chi connectivity index (χ0n) is 20.5. The van der Waals surface area contributed by atoms with Gasteiger partial charge in [0.15, 0.2) is 38.0 Å². The first kappa shape index (κ1) is 30.1. The molecular formula is C28H23F5O4S2. The maximum atomic E-state index is 12.6. The summed E-state index contributed by atoms with van der Waals surface area (Å²) in [4.78, 5) is 1.61. The van der Waals surface area contributed by atoms with Gasteiger partial charge in [-0.15, -0.1) is 0 Å². The fraction of sp³-hybridized carbons (Fsp3) is 0.143. The van der Waals surface area contributed by atoms with Crippen LogP contribution in [0.3, 0.4) is 0 Å². The number of hydrogen-bond donors (Lipinski definition) is 0. The van der Waals surface area contributed by atoms with Crippen LogP contribution < -0.4 is 4.74 Å². The van der Waals surface area contributed by atoms with E-state index in [9.17, 15) is 34.9 Å². The second kappa shape index (κ2) is 13.6. The predicted octanol–water partition coefficient (Wildman–Crippen LogP) is 7.25. The smallest absolute Gasteiger partial charge is 0.200 e. The summed E-state index contributed by atoms with van der Waals surface area (Å²) < 4.78 is 98.7. The normalized spacial score (nSPS) is 11.2. The van der Waals surface area contributed by atoms with Crippen LogP contribution in [0, 0.1) is 29.1 Å². The van der Waals surface area contributed by atoms with Crippen LogP contribution in [0.4, 0.5) is 22.0 Å². The standard InChI is InChI=1S/C22H23OS.C6HF5O3S/c1-2-3-18-23-19-14-16-22(17-15-19)24(20-10-6-4-7-11-20)21-12-8-5-9-13-21;7-1-2(8)4(10)6(15(12,13)14)5(11)3(1)9/h4-17H,2-3,18H2,1H3;(H,12,13,14)/q+1;/p-1. The van der Waals surface area contributed by atoms with Gasteiger partial charge in [0.1, 0.15) is 20.8 Å². The monoisotopic (exact) mass is 582 g/mol. The third-order valence-corrected chi connectivity index (χ3v) is 8.29. The maximum Gasteiger partial charge on any atom is 0.200 e. The summed E-state index contributed by atoms with van der Waals surface area (Å²) in [6, 6.07) is 30.0. The lowest BCUT2D eigenvalue weighted by atomic mass is 10.3. The molecule has 0 N–H and O–H groups in total. The first-order valence-electron chi connectivity index (χ1n) is 11.6. The Labute approximate surface area is 226 Å². The van der Waals surface area contributed by atoms with E-state index in [1.807, 2.05) is 0 Å². The van der Waals surface area contributed by atoms with Crippen LogP contribution in [0.25, 0.3) is 0 Å². The van der Waals surface area contributed by atoms with E-state index in [2.05, 4.69) is 91.9 Å². The summed E-state index contributed by atoms with van der Waals surface area (Å²) in [6.07, 6.45) is 2.25. The number of unbranched alkanes of at least 4 members (excludes halogenated alkanes) is 1. The Balaban J connectivity index is 0.000000242. The summed E-state index contributed by atoms with van der Waals surface area (Å²) in [7, 11) is -5.86. The first-order valence-corrected chi connectivity index (χ1v) is 14.2. The average molecular weight is 583 g/mol. The molecule has 0 radical (unpaired) electrons. The zero-order valence-corrected chi connectivity index (χ0v) is 22.2. The maximum absolute atomic E-state index is 12.6. The molecule has 0 spiro atoms. The lowest BCUT2D eigenvalue weighted by molar-refractivity contribution is 0.309. The minimum absolute atomic E-state index is 0.0858. The highest BCUT2D eigenvalue weighted by molar-refractivity contribution is 7.97. The lowest BCUT2D eigenvalue weighted by Crippen LogP contribution is -2.12. The molecule has 4 rings (SSSR count). The van der Waals surface area contributed by atoms with Crippen molar-refractivity contribution in [3.8, 4) is 5.75 Å². The molecule has 0 saturated heterocycles. The van der Waals surface area contributed by atoms with Gasteiger partial charge in [0.05, 0.1) is 17.5 Å². The van der Waals surface area contributed by atoms with Gasteiger partial charge in [-0.2, -0.15) is 0 Å². The van der Waals surface area contributed by atoms with Crippen molar-refractivity contribution in [2.45, 2.75) is 39.3 Å². The van der Waals surface area contributed by atoms with Gasteiger partial charge < -0.3 is 9.29 Å². The van der Waals surface area contributed by atoms with Crippen LogP contribution in [0.15, 0.2) is 105 Å². The van der Waals surface area contributed by atoms with Crippen LogP contribution in [-0.4, -0.2) is 19.6 Å². The highest BCUT2D eigenvalue weighted by atomic mass is 32.2. The minimum Gasteiger partial charge on any atom is -0.744 e. The van der Waals surface area contributed by atoms with Gasteiger partial charge in [0.2, 0.25) is 5.82 Å². The molecule has 0 atom stereocenters. The second-order valence-electron chi connectivity index (χ2n) is 7.96. The predicted molar refractivity (Wildman–Crippen MR) is 136 cm³/mol. The largest absolute Gasteiger partial charge is 0.744 e. The number of ether oxygens (including phenoxy) is 1. The van der Waals surface area contributed by atoms with E-state index >= 15 is 0 Å². The minimum atomic E-state index is -5.77. The first-order chi connectivity index (χ1) is 18.6. The zero-order chi connectivity index (χ0) is 28.6. The van der Waals surface area contributed by atoms with Crippen molar-refractivity contribution in [1.29, 1.82) is 0 Å². The van der Waals surface area contributed by atoms with E-state index in [-0.39, 0.29) is 10.9 Å². The van der Waals surface area contributed by atoms with Gasteiger partial charge in [-0.3, -0.25) is 0 Å². The molecule has 0 bridgehead atoms. The Kier molecular flexibility index (Phi) is 10.5. The third kappa shape index (κ3) is 7.59. The molecule has 0 fully saturated rings. The van der Waals surface area contributed by atoms with Crippen molar-refractivity contribution in [2.75, 3.05) is 6.61 Å². The number of hydrogen-bond acceptors (Lipinski definition) is 4. The van der Waals surface area contributed by atoms with Crippen LogP contribution in [0.1, 0.15) is 19.8 Å². The molecule has 39 heavy (non-hydrogen) atoms. The summed E-state index contributed by atoms with van der Waals surface area (Å²) in [5.74, 6) is -11.9. The number of rotatable bonds is 8. The van der Waals surface area contributed by atoms with E-state index in [1.165, 1.54) is 14.7 Å². The van der Waals surface area contributed by atoms with E-state index in [0.29, 0.717) is 0 Å². The Hall–Kier alpha value is -3.41. The molecular weight excluding hydrogens is 559 g/mol. The van der Waals surface area contributed by atoms with E-state index < -0.39 is 44.1 Å². The van der Waals surface area contributed by atoms with Crippen LogP contribution in [-0.2, 0) is 21.0 Å². The molecule has 0 unspecified atom stereocenters. The molecule has 0 aliphatic heterocycles. The third-order valence-electron chi connectivity index (χ3n) is 5.20. The Bertz CT molecular complexity index is 1420. The van der Waals surface area contributed by atoms with Gasteiger partial charge >= 0.3 is 0 Å². The molecule has 4 aromatic carbocycles. The van der Waals surface area contributed by atoms with Crippen molar-refractivity contribution in [2.24, 2.45) is 0 Å². The lowest BCUT2D eigenvalue weighted by Gasteiger charge is -2.10. The van der Waals surface area contributed by atoms with E-state index in [4.69, 9.17) is 4.74 Å². The van der Waals surface area contributed by atoms with Crippen molar-refractivity contribution in [3.05, 3.63) is 114 Å². The fourth-order valence-corrected chi connectivity index (χ4v) is 6.03. The van der Waals surface area contributed by atoms with E-state index in [1.54, 1.807) is 0 Å². The second-order valence-corrected chi connectivity index (χ2v) is 11.3. The topological polar surface area (TPSA) is 66.4 Å².